The summed E-state index contributed by atoms with van der Waals surface area (Å²) in [4.78, 5) is 18.7. The number of aliphatic hydroxyl groups is 1. The summed E-state index contributed by atoms with van der Waals surface area (Å²) in [5, 5.41) is 14.0. The van der Waals surface area contributed by atoms with Crippen LogP contribution in [0.3, 0.4) is 0 Å². The molecule has 2 unspecified atom stereocenters. The average molecular weight is 406 g/mol. The number of nitrogens with one attached hydrogen (secondary N) is 1. The maximum atomic E-state index is 12.8. The van der Waals surface area contributed by atoms with E-state index in [4.69, 9.17) is 0 Å². The average Bonchev–Trinajstić information content (AvgIpc) is 3.15. The van der Waals surface area contributed by atoms with Crippen LogP contribution in [-0.2, 0) is 4.79 Å². The van der Waals surface area contributed by atoms with Gasteiger partial charge in [-0.25, -0.2) is 0 Å². The number of amides is 1. The zero-order chi connectivity index (χ0) is 17.2. The van der Waals surface area contributed by atoms with E-state index in [-0.39, 0.29) is 30.7 Å². The molecule has 26 heavy (non-hydrogen) atoms. The molecule has 0 aromatic carbocycles. The van der Waals surface area contributed by atoms with Gasteiger partial charge >= 0.3 is 0 Å². The number of rotatable bonds is 10. The standard InChI is InChI=1S/C19H31N3O2.2ClH/c1-2-3-4-5-6-11-21-17(19(24)22-14-7-8-15-22)18(23)16-9-12-20-13-10-16;;/h9-10,12-13,17-18,21,23H,2-8,11,14-15H2,1H3;2*1H. The first-order valence-corrected chi connectivity index (χ1v) is 9.34. The van der Waals surface area contributed by atoms with Gasteiger partial charge in [-0.1, -0.05) is 32.6 Å². The highest BCUT2D eigenvalue weighted by Crippen LogP contribution is 2.20. The van der Waals surface area contributed by atoms with Gasteiger partial charge in [0.25, 0.3) is 0 Å². The molecular formula is C19H33Cl2N3O2. The first-order chi connectivity index (χ1) is 11.7. The van der Waals surface area contributed by atoms with Gasteiger partial charge in [0.2, 0.25) is 5.91 Å². The maximum Gasteiger partial charge on any atom is 0.242 e. The van der Waals surface area contributed by atoms with Crippen LogP contribution >= 0.6 is 24.8 Å². The number of carbonyl (C=O) groups is 1. The first-order valence-electron chi connectivity index (χ1n) is 9.34. The van der Waals surface area contributed by atoms with Gasteiger partial charge in [-0.05, 0) is 43.5 Å². The lowest BCUT2D eigenvalue weighted by molar-refractivity contribution is -0.135. The highest BCUT2D eigenvalue weighted by molar-refractivity contribution is 5.85. The van der Waals surface area contributed by atoms with Crippen molar-refractivity contribution >= 4 is 30.7 Å². The van der Waals surface area contributed by atoms with Crippen LogP contribution in [0.1, 0.15) is 63.5 Å². The quantitative estimate of drug-likeness (QED) is 0.584. The van der Waals surface area contributed by atoms with Crippen LogP contribution in [0.5, 0.6) is 0 Å². The van der Waals surface area contributed by atoms with Gasteiger partial charge in [0, 0.05) is 25.5 Å². The summed E-state index contributed by atoms with van der Waals surface area (Å²) >= 11 is 0. The zero-order valence-electron chi connectivity index (χ0n) is 15.6. The summed E-state index contributed by atoms with van der Waals surface area (Å²) in [5.74, 6) is 0.0189. The number of halogens is 2. The number of hydrogen-bond donors (Lipinski definition) is 2. The Labute approximate surface area is 169 Å². The third kappa shape index (κ3) is 7.78. The van der Waals surface area contributed by atoms with Crippen molar-refractivity contribution in [2.75, 3.05) is 19.6 Å². The summed E-state index contributed by atoms with van der Waals surface area (Å²) in [6, 6.07) is 2.98. The molecule has 5 nitrogen and oxygen atoms in total. The predicted octanol–water partition coefficient (Wildman–Crippen LogP) is 3.51. The molecule has 0 bridgehead atoms. The van der Waals surface area contributed by atoms with Crippen LogP contribution in [0.4, 0.5) is 0 Å². The van der Waals surface area contributed by atoms with E-state index in [1.807, 2.05) is 4.90 Å². The maximum absolute atomic E-state index is 12.8. The highest BCUT2D eigenvalue weighted by Gasteiger charge is 2.32. The Kier molecular flexibility index (Phi) is 13.7. The topological polar surface area (TPSA) is 65.5 Å². The van der Waals surface area contributed by atoms with Crippen molar-refractivity contribution in [1.29, 1.82) is 0 Å². The molecule has 1 saturated heterocycles. The fourth-order valence-corrected chi connectivity index (χ4v) is 3.21. The lowest BCUT2D eigenvalue weighted by Gasteiger charge is -2.28. The summed E-state index contributed by atoms with van der Waals surface area (Å²) in [6.45, 7) is 4.57. The smallest absolute Gasteiger partial charge is 0.242 e. The molecule has 0 aliphatic carbocycles. The fourth-order valence-electron chi connectivity index (χ4n) is 3.21. The second kappa shape index (κ2) is 14.2. The Bertz CT molecular complexity index is 485. The number of nitrogens with zero attached hydrogens (tertiary/aromatic N) is 2. The molecule has 2 N–H and O–H groups in total. The molecule has 1 aromatic rings. The molecule has 150 valence electrons. The molecule has 0 radical (unpaired) electrons. The van der Waals surface area contributed by atoms with E-state index < -0.39 is 12.1 Å². The Morgan fingerprint density at radius 1 is 1.15 bits per heavy atom. The number of carbonyl (C=O) groups excluding carboxylic acids is 1. The molecule has 2 atom stereocenters. The van der Waals surface area contributed by atoms with Crippen LogP contribution in [0.2, 0.25) is 0 Å². The van der Waals surface area contributed by atoms with Crippen molar-refractivity contribution in [3.63, 3.8) is 0 Å². The minimum Gasteiger partial charge on any atom is -0.386 e. The van der Waals surface area contributed by atoms with Crippen LogP contribution < -0.4 is 5.32 Å². The zero-order valence-corrected chi connectivity index (χ0v) is 17.2. The van der Waals surface area contributed by atoms with Crippen LogP contribution in [-0.4, -0.2) is 46.6 Å². The Hall–Kier alpha value is -0.880. The van der Waals surface area contributed by atoms with Gasteiger partial charge in [0.05, 0.1) is 0 Å². The molecule has 2 heterocycles. The largest absolute Gasteiger partial charge is 0.386 e. The normalized spacial score (nSPS) is 15.7. The molecule has 1 aliphatic rings. The van der Waals surface area contributed by atoms with E-state index in [2.05, 4.69) is 17.2 Å². The van der Waals surface area contributed by atoms with E-state index in [0.29, 0.717) is 0 Å². The number of aliphatic hydroxyl groups excluding tert-OH is 1. The second-order valence-corrected chi connectivity index (χ2v) is 6.60. The van der Waals surface area contributed by atoms with E-state index in [0.717, 1.165) is 50.9 Å². The van der Waals surface area contributed by atoms with Gasteiger partial charge in [0.1, 0.15) is 12.1 Å². The van der Waals surface area contributed by atoms with Gasteiger partial charge in [-0.15, -0.1) is 24.8 Å². The molecule has 0 saturated carbocycles. The lowest BCUT2D eigenvalue weighted by atomic mass is 10.0. The monoisotopic (exact) mass is 405 g/mol. The third-order valence-electron chi connectivity index (χ3n) is 4.69. The SMILES string of the molecule is CCCCCCCNC(C(=O)N1CCCC1)C(O)c1ccncc1.Cl.Cl. The van der Waals surface area contributed by atoms with Crippen molar-refractivity contribution in [2.24, 2.45) is 0 Å². The van der Waals surface area contributed by atoms with Crippen molar-refractivity contribution in [1.82, 2.24) is 15.2 Å². The minimum absolute atomic E-state index is 0. The first kappa shape index (κ1) is 25.1. The molecule has 1 fully saturated rings. The van der Waals surface area contributed by atoms with Gasteiger partial charge < -0.3 is 15.3 Å². The summed E-state index contributed by atoms with van der Waals surface area (Å²) in [7, 11) is 0. The number of unbranched alkanes of at least 4 members (excludes halogenated alkanes) is 4. The van der Waals surface area contributed by atoms with Crippen LogP contribution in [0, 0.1) is 0 Å². The number of aromatic nitrogens is 1. The number of hydrogen-bond acceptors (Lipinski definition) is 4. The Balaban J connectivity index is 0.00000312. The Morgan fingerprint density at radius 3 is 2.38 bits per heavy atom. The summed E-state index contributed by atoms with van der Waals surface area (Å²) in [5.41, 5.74) is 0.737. The van der Waals surface area contributed by atoms with Crippen molar-refractivity contribution in [3.8, 4) is 0 Å². The van der Waals surface area contributed by atoms with Gasteiger partial charge in [0.15, 0.2) is 0 Å². The molecule has 1 amide bonds. The highest BCUT2D eigenvalue weighted by atomic mass is 35.5. The number of pyridine rings is 1. The van der Waals surface area contributed by atoms with E-state index in [1.165, 1.54) is 19.3 Å². The second-order valence-electron chi connectivity index (χ2n) is 6.60. The van der Waals surface area contributed by atoms with Crippen molar-refractivity contribution in [3.05, 3.63) is 30.1 Å². The van der Waals surface area contributed by atoms with Gasteiger partial charge in [-0.2, -0.15) is 0 Å². The molecule has 0 spiro atoms. The predicted molar refractivity (Wildman–Crippen MR) is 110 cm³/mol. The van der Waals surface area contributed by atoms with Gasteiger partial charge in [-0.3, -0.25) is 9.78 Å². The molecule has 1 aliphatic heterocycles. The van der Waals surface area contributed by atoms with Crippen LogP contribution in [0.25, 0.3) is 0 Å². The van der Waals surface area contributed by atoms with E-state index in [1.54, 1.807) is 24.5 Å². The van der Waals surface area contributed by atoms with E-state index in [9.17, 15) is 9.90 Å². The minimum atomic E-state index is -0.836. The molecule has 1 aromatic heterocycles. The van der Waals surface area contributed by atoms with Crippen molar-refractivity contribution in [2.45, 2.75) is 64.0 Å². The third-order valence-corrected chi connectivity index (χ3v) is 4.69. The number of likely N-dealkylation sites (tertiary alicyclic amines) is 1. The lowest BCUT2D eigenvalue weighted by Crippen LogP contribution is -2.49. The molecular weight excluding hydrogens is 373 g/mol. The molecule has 7 heteroatoms. The van der Waals surface area contributed by atoms with Crippen LogP contribution in [0.15, 0.2) is 24.5 Å². The molecule has 2 rings (SSSR count). The fraction of sp³-hybridized carbons (Fsp3) is 0.684. The summed E-state index contributed by atoms with van der Waals surface area (Å²) in [6.07, 6.45) is 10.5. The Morgan fingerprint density at radius 2 is 1.77 bits per heavy atom. The van der Waals surface area contributed by atoms with Crippen molar-refractivity contribution < 1.29 is 9.90 Å². The van der Waals surface area contributed by atoms with E-state index >= 15 is 0 Å². The summed E-state index contributed by atoms with van der Waals surface area (Å²) < 4.78 is 0.